The van der Waals surface area contributed by atoms with Gasteiger partial charge in [-0.2, -0.15) is 5.26 Å². The molecule has 5 heteroatoms. The van der Waals surface area contributed by atoms with Gasteiger partial charge in [0.05, 0.1) is 26.2 Å². The van der Waals surface area contributed by atoms with E-state index >= 15 is 0 Å². The molecule has 0 aliphatic rings. The predicted molar refractivity (Wildman–Crippen MR) is 56.2 cm³/mol. The van der Waals surface area contributed by atoms with E-state index in [2.05, 4.69) is 4.74 Å². The minimum Gasteiger partial charge on any atom is -0.468 e. The third kappa shape index (κ3) is 3.89. The summed E-state index contributed by atoms with van der Waals surface area (Å²) in [6, 6.07) is 1.86. The molecule has 0 saturated carbocycles. The summed E-state index contributed by atoms with van der Waals surface area (Å²) in [6.45, 7) is 5.31. The van der Waals surface area contributed by atoms with Gasteiger partial charge in [0.2, 0.25) is 0 Å². The van der Waals surface area contributed by atoms with Crippen LogP contribution in [0.3, 0.4) is 0 Å². The molecule has 0 N–H and O–H groups in total. The molecule has 90 valence electrons. The number of rotatable bonds is 5. The number of nitriles is 1. The van der Waals surface area contributed by atoms with Gasteiger partial charge in [0.25, 0.3) is 0 Å². The van der Waals surface area contributed by atoms with Crippen molar-refractivity contribution >= 4 is 11.9 Å². The van der Waals surface area contributed by atoms with E-state index in [0.717, 1.165) is 0 Å². The predicted octanol–water partition coefficient (Wildman–Crippen LogP) is 1.28. The van der Waals surface area contributed by atoms with E-state index in [1.54, 1.807) is 20.8 Å². The van der Waals surface area contributed by atoms with Crippen molar-refractivity contribution in [3.63, 3.8) is 0 Å². The molecule has 1 atom stereocenters. The van der Waals surface area contributed by atoms with Gasteiger partial charge in [-0.1, -0.05) is 13.8 Å². The summed E-state index contributed by atoms with van der Waals surface area (Å²) >= 11 is 0. The molecule has 16 heavy (non-hydrogen) atoms. The highest BCUT2D eigenvalue weighted by Crippen LogP contribution is 2.31. The lowest BCUT2D eigenvalue weighted by Gasteiger charge is -2.26. The number of esters is 2. The first-order chi connectivity index (χ1) is 7.38. The first-order valence-corrected chi connectivity index (χ1v) is 5.02. The van der Waals surface area contributed by atoms with Gasteiger partial charge in [-0.15, -0.1) is 0 Å². The van der Waals surface area contributed by atoms with Crippen molar-refractivity contribution in [1.29, 1.82) is 5.26 Å². The highest BCUT2D eigenvalue weighted by atomic mass is 16.5. The molecule has 0 radical (unpaired) electrons. The fourth-order valence-corrected chi connectivity index (χ4v) is 1.35. The molecule has 0 amide bonds. The molecule has 0 aromatic carbocycles. The van der Waals surface area contributed by atoms with Gasteiger partial charge in [-0.25, -0.2) is 0 Å². The monoisotopic (exact) mass is 227 g/mol. The van der Waals surface area contributed by atoms with Crippen molar-refractivity contribution in [3.8, 4) is 6.07 Å². The number of carbonyl (C=O) groups excluding carboxylic acids is 2. The van der Waals surface area contributed by atoms with E-state index in [0.29, 0.717) is 0 Å². The van der Waals surface area contributed by atoms with E-state index in [-0.39, 0.29) is 13.0 Å². The Morgan fingerprint density at radius 1 is 1.44 bits per heavy atom. The standard InChI is InChI=1S/C11H17NO4/c1-5-16-9(13)6-11(2,3)8(7-12)10(14)15-4/h8H,5-6H2,1-4H3. The van der Waals surface area contributed by atoms with Crippen LogP contribution in [0, 0.1) is 22.7 Å². The number of carbonyl (C=O) groups is 2. The Morgan fingerprint density at radius 2 is 2.00 bits per heavy atom. The maximum Gasteiger partial charge on any atom is 0.323 e. The van der Waals surface area contributed by atoms with Crippen molar-refractivity contribution in [2.45, 2.75) is 27.2 Å². The fourth-order valence-electron chi connectivity index (χ4n) is 1.35. The topological polar surface area (TPSA) is 76.4 Å². The Labute approximate surface area is 95.3 Å². The molecule has 0 aliphatic carbocycles. The zero-order valence-corrected chi connectivity index (χ0v) is 10.1. The zero-order valence-electron chi connectivity index (χ0n) is 10.1. The molecule has 0 rings (SSSR count). The molecule has 0 saturated heterocycles. The van der Waals surface area contributed by atoms with Crippen LogP contribution >= 0.6 is 0 Å². The molecule has 0 fully saturated rings. The number of hydrogen-bond acceptors (Lipinski definition) is 5. The van der Waals surface area contributed by atoms with Gasteiger partial charge in [-0.3, -0.25) is 9.59 Å². The largest absolute Gasteiger partial charge is 0.468 e. The molecule has 0 spiro atoms. The first-order valence-electron chi connectivity index (χ1n) is 5.02. The van der Waals surface area contributed by atoms with Crippen molar-refractivity contribution < 1.29 is 19.1 Å². The molecule has 0 aromatic heterocycles. The Hall–Kier alpha value is -1.57. The highest BCUT2D eigenvalue weighted by Gasteiger charge is 2.38. The molecular formula is C11H17NO4. The molecule has 0 aromatic rings. The van der Waals surface area contributed by atoms with Crippen LogP contribution in [0.15, 0.2) is 0 Å². The van der Waals surface area contributed by atoms with Crippen molar-refractivity contribution in [3.05, 3.63) is 0 Å². The van der Waals surface area contributed by atoms with Crippen LogP contribution < -0.4 is 0 Å². The second kappa shape index (κ2) is 6.11. The van der Waals surface area contributed by atoms with Gasteiger partial charge in [0, 0.05) is 5.41 Å². The summed E-state index contributed by atoms with van der Waals surface area (Å²) in [5.41, 5.74) is -0.798. The van der Waals surface area contributed by atoms with E-state index in [4.69, 9.17) is 10.00 Å². The number of ether oxygens (including phenoxy) is 2. The normalized spacial score (nSPS) is 12.4. The number of hydrogen-bond donors (Lipinski definition) is 0. The van der Waals surface area contributed by atoms with Gasteiger partial charge in [-0.05, 0) is 6.92 Å². The van der Waals surface area contributed by atoms with Crippen LogP contribution in [0.5, 0.6) is 0 Å². The second-order valence-corrected chi connectivity index (χ2v) is 4.06. The van der Waals surface area contributed by atoms with Crippen LogP contribution in [0.2, 0.25) is 0 Å². The Bertz CT molecular complexity index is 304. The fraction of sp³-hybridized carbons (Fsp3) is 0.727. The number of nitrogens with zero attached hydrogens (tertiary/aromatic N) is 1. The molecule has 0 aliphatic heterocycles. The lowest BCUT2D eigenvalue weighted by atomic mass is 9.77. The van der Waals surface area contributed by atoms with Gasteiger partial charge in [0.15, 0.2) is 0 Å². The summed E-state index contributed by atoms with van der Waals surface area (Å²) in [7, 11) is 1.22. The minimum atomic E-state index is -0.970. The van der Waals surface area contributed by atoms with E-state index in [9.17, 15) is 9.59 Å². The van der Waals surface area contributed by atoms with Crippen molar-refractivity contribution in [2.24, 2.45) is 11.3 Å². The number of methoxy groups -OCH3 is 1. The molecular weight excluding hydrogens is 210 g/mol. The Balaban J connectivity index is 4.68. The quantitative estimate of drug-likeness (QED) is 0.661. The van der Waals surface area contributed by atoms with Gasteiger partial charge < -0.3 is 9.47 Å². The summed E-state index contributed by atoms with van der Waals surface area (Å²) < 4.78 is 9.30. The first kappa shape index (κ1) is 14.4. The summed E-state index contributed by atoms with van der Waals surface area (Å²) in [5, 5.41) is 8.90. The molecule has 5 nitrogen and oxygen atoms in total. The van der Waals surface area contributed by atoms with E-state index in [1.165, 1.54) is 7.11 Å². The maximum atomic E-state index is 11.3. The van der Waals surface area contributed by atoms with Crippen molar-refractivity contribution in [1.82, 2.24) is 0 Å². The zero-order chi connectivity index (χ0) is 12.8. The minimum absolute atomic E-state index is 0.00810. The summed E-state index contributed by atoms with van der Waals surface area (Å²) in [6.07, 6.45) is 0.00810. The smallest absolute Gasteiger partial charge is 0.323 e. The molecule has 1 unspecified atom stereocenters. The molecule has 0 bridgehead atoms. The Morgan fingerprint density at radius 3 is 2.38 bits per heavy atom. The molecule has 0 heterocycles. The average molecular weight is 227 g/mol. The van der Waals surface area contributed by atoms with Crippen LogP contribution in [-0.4, -0.2) is 25.7 Å². The van der Waals surface area contributed by atoms with Crippen LogP contribution in [0.25, 0.3) is 0 Å². The lowest BCUT2D eigenvalue weighted by Crippen LogP contribution is -2.33. The van der Waals surface area contributed by atoms with Crippen LogP contribution in [0.1, 0.15) is 27.2 Å². The van der Waals surface area contributed by atoms with Crippen LogP contribution in [-0.2, 0) is 19.1 Å². The third-order valence-corrected chi connectivity index (χ3v) is 2.25. The average Bonchev–Trinajstić information content (AvgIpc) is 2.17. The lowest BCUT2D eigenvalue weighted by molar-refractivity contribution is -0.151. The summed E-state index contributed by atoms with van der Waals surface area (Å²) in [4.78, 5) is 22.6. The van der Waals surface area contributed by atoms with E-state index < -0.39 is 23.3 Å². The summed E-state index contributed by atoms with van der Waals surface area (Å²) in [5.74, 6) is -2.02. The van der Waals surface area contributed by atoms with Gasteiger partial charge in [0.1, 0.15) is 5.92 Å². The SMILES string of the molecule is CCOC(=O)CC(C)(C)C(C#N)C(=O)OC. The Kier molecular flexibility index (Phi) is 5.51. The van der Waals surface area contributed by atoms with Crippen LogP contribution in [0.4, 0.5) is 0 Å². The maximum absolute atomic E-state index is 11.3. The third-order valence-electron chi connectivity index (χ3n) is 2.25. The second-order valence-electron chi connectivity index (χ2n) is 4.06. The van der Waals surface area contributed by atoms with E-state index in [1.807, 2.05) is 6.07 Å². The highest BCUT2D eigenvalue weighted by molar-refractivity contribution is 5.78. The van der Waals surface area contributed by atoms with Gasteiger partial charge >= 0.3 is 11.9 Å². The van der Waals surface area contributed by atoms with Crippen molar-refractivity contribution in [2.75, 3.05) is 13.7 Å².